The quantitative estimate of drug-likeness (QED) is 0.879. The van der Waals surface area contributed by atoms with Crippen LogP contribution in [0.2, 0.25) is 0 Å². The lowest BCUT2D eigenvalue weighted by molar-refractivity contribution is 0.290. The van der Waals surface area contributed by atoms with Gasteiger partial charge in [0.15, 0.2) is 0 Å². The Morgan fingerprint density at radius 3 is 2.32 bits per heavy atom. The molecule has 1 unspecified atom stereocenters. The Hall–Kier alpha value is -1.80. The van der Waals surface area contributed by atoms with Crippen LogP contribution in [0.3, 0.4) is 0 Å². The number of hydrogen-bond acceptors (Lipinski definition) is 2. The van der Waals surface area contributed by atoms with E-state index in [4.69, 9.17) is 10.5 Å². The van der Waals surface area contributed by atoms with E-state index in [9.17, 15) is 0 Å². The van der Waals surface area contributed by atoms with Crippen LogP contribution in [-0.4, -0.2) is 6.61 Å². The molecule has 0 heterocycles. The number of nitrogens with two attached hydrogens (primary N) is 1. The Bertz CT molecular complexity index is 508. The highest BCUT2D eigenvalue weighted by Gasteiger charge is 2.07. The second kappa shape index (κ2) is 6.39. The highest BCUT2D eigenvalue weighted by molar-refractivity contribution is 5.30. The molecule has 0 aliphatic rings. The van der Waals surface area contributed by atoms with Crippen molar-refractivity contribution in [3.05, 3.63) is 65.7 Å². The van der Waals surface area contributed by atoms with Gasteiger partial charge in [-0.1, -0.05) is 56.3 Å². The first-order chi connectivity index (χ1) is 9.16. The van der Waals surface area contributed by atoms with E-state index in [1.165, 1.54) is 5.56 Å². The summed E-state index contributed by atoms with van der Waals surface area (Å²) in [6.07, 6.45) is 0. The average Bonchev–Trinajstić information content (AvgIpc) is 2.46. The normalized spacial score (nSPS) is 12.4. The van der Waals surface area contributed by atoms with Crippen LogP contribution >= 0.6 is 0 Å². The maximum atomic E-state index is 6.12. The standard InChI is InChI=1S/C17H21NO/c1-13(2)15-9-6-10-16(11-15)19-12-17(18)14-7-4-3-5-8-14/h3-11,13,17H,12,18H2,1-2H3. The van der Waals surface area contributed by atoms with Gasteiger partial charge in [-0.2, -0.15) is 0 Å². The molecular weight excluding hydrogens is 234 g/mol. The summed E-state index contributed by atoms with van der Waals surface area (Å²) in [6, 6.07) is 18.1. The Balaban J connectivity index is 1.97. The van der Waals surface area contributed by atoms with Crippen LogP contribution in [-0.2, 0) is 0 Å². The van der Waals surface area contributed by atoms with Crippen molar-refractivity contribution in [2.45, 2.75) is 25.8 Å². The zero-order valence-electron chi connectivity index (χ0n) is 11.5. The Morgan fingerprint density at radius 1 is 0.947 bits per heavy atom. The summed E-state index contributed by atoms with van der Waals surface area (Å²) >= 11 is 0. The monoisotopic (exact) mass is 255 g/mol. The summed E-state index contributed by atoms with van der Waals surface area (Å²) in [7, 11) is 0. The van der Waals surface area contributed by atoms with Gasteiger partial charge in [0.05, 0.1) is 6.04 Å². The fraction of sp³-hybridized carbons (Fsp3) is 0.294. The fourth-order valence-electron chi connectivity index (χ4n) is 1.95. The van der Waals surface area contributed by atoms with E-state index in [-0.39, 0.29) is 6.04 Å². The van der Waals surface area contributed by atoms with Crippen LogP contribution in [0.25, 0.3) is 0 Å². The molecule has 0 saturated carbocycles. The SMILES string of the molecule is CC(C)c1cccc(OCC(N)c2ccccc2)c1. The summed E-state index contributed by atoms with van der Waals surface area (Å²) in [5.41, 5.74) is 8.50. The van der Waals surface area contributed by atoms with E-state index in [1.54, 1.807) is 0 Å². The van der Waals surface area contributed by atoms with E-state index in [2.05, 4.69) is 26.0 Å². The van der Waals surface area contributed by atoms with Gasteiger partial charge in [-0.05, 0) is 29.2 Å². The molecule has 2 rings (SSSR count). The molecule has 0 amide bonds. The van der Waals surface area contributed by atoms with E-state index in [0.717, 1.165) is 11.3 Å². The second-order valence-electron chi connectivity index (χ2n) is 5.06. The van der Waals surface area contributed by atoms with Gasteiger partial charge in [-0.15, -0.1) is 0 Å². The third-order valence-electron chi connectivity index (χ3n) is 3.18. The van der Waals surface area contributed by atoms with Crippen molar-refractivity contribution in [3.63, 3.8) is 0 Å². The summed E-state index contributed by atoms with van der Waals surface area (Å²) in [5, 5.41) is 0. The van der Waals surface area contributed by atoms with Gasteiger partial charge < -0.3 is 10.5 Å². The average molecular weight is 255 g/mol. The maximum absolute atomic E-state index is 6.12. The summed E-state index contributed by atoms with van der Waals surface area (Å²) in [4.78, 5) is 0. The van der Waals surface area contributed by atoms with Crippen LogP contribution in [0.1, 0.15) is 36.9 Å². The van der Waals surface area contributed by atoms with Crippen molar-refractivity contribution in [2.24, 2.45) is 5.73 Å². The molecule has 0 radical (unpaired) electrons. The van der Waals surface area contributed by atoms with Crippen molar-refractivity contribution in [2.75, 3.05) is 6.61 Å². The number of benzene rings is 2. The molecule has 2 aromatic rings. The highest BCUT2D eigenvalue weighted by Crippen LogP contribution is 2.21. The predicted molar refractivity (Wildman–Crippen MR) is 79.4 cm³/mol. The molecule has 2 aromatic carbocycles. The van der Waals surface area contributed by atoms with E-state index in [0.29, 0.717) is 12.5 Å². The topological polar surface area (TPSA) is 35.2 Å². The van der Waals surface area contributed by atoms with E-state index in [1.807, 2.05) is 42.5 Å². The molecule has 0 saturated heterocycles. The van der Waals surface area contributed by atoms with Gasteiger partial charge in [0, 0.05) is 0 Å². The molecule has 0 bridgehead atoms. The molecule has 2 heteroatoms. The molecule has 0 aromatic heterocycles. The smallest absolute Gasteiger partial charge is 0.119 e. The highest BCUT2D eigenvalue weighted by atomic mass is 16.5. The van der Waals surface area contributed by atoms with Gasteiger partial charge in [-0.25, -0.2) is 0 Å². The molecule has 0 fully saturated rings. The van der Waals surface area contributed by atoms with Crippen LogP contribution in [0.4, 0.5) is 0 Å². The lowest BCUT2D eigenvalue weighted by atomic mass is 10.0. The first-order valence-electron chi connectivity index (χ1n) is 6.70. The zero-order chi connectivity index (χ0) is 13.7. The molecule has 0 aliphatic carbocycles. The third-order valence-corrected chi connectivity index (χ3v) is 3.18. The molecule has 0 spiro atoms. The molecule has 2 nitrogen and oxygen atoms in total. The lowest BCUT2D eigenvalue weighted by Gasteiger charge is -2.14. The number of hydrogen-bond donors (Lipinski definition) is 1. The summed E-state index contributed by atoms with van der Waals surface area (Å²) in [6.45, 7) is 4.84. The largest absolute Gasteiger partial charge is 0.492 e. The van der Waals surface area contributed by atoms with E-state index < -0.39 is 0 Å². The van der Waals surface area contributed by atoms with Crippen LogP contribution < -0.4 is 10.5 Å². The third kappa shape index (κ3) is 3.83. The number of rotatable bonds is 5. The van der Waals surface area contributed by atoms with Crippen molar-refractivity contribution < 1.29 is 4.74 Å². The maximum Gasteiger partial charge on any atom is 0.119 e. The molecule has 0 aliphatic heterocycles. The van der Waals surface area contributed by atoms with E-state index >= 15 is 0 Å². The predicted octanol–water partition coefficient (Wildman–Crippen LogP) is 3.89. The summed E-state index contributed by atoms with van der Waals surface area (Å²) in [5.74, 6) is 1.39. The van der Waals surface area contributed by atoms with Crippen LogP contribution in [0.5, 0.6) is 5.75 Å². The molecular formula is C17H21NO. The van der Waals surface area contributed by atoms with Crippen molar-refractivity contribution in [1.29, 1.82) is 0 Å². The van der Waals surface area contributed by atoms with Gasteiger partial charge >= 0.3 is 0 Å². The summed E-state index contributed by atoms with van der Waals surface area (Å²) < 4.78 is 5.79. The lowest BCUT2D eigenvalue weighted by Crippen LogP contribution is -2.18. The van der Waals surface area contributed by atoms with Crippen molar-refractivity contribution >= 4 is 0 Å². The molecule has 100 valence electrons. The van der Waals surface area contributed by atoms with Crippen LogP contribution in [0.15, 0.2) is 54.6 Å². The molecule has 2 N–H and O–H groups in total. The minimum absolute atomic E-state index is 0.0936. The second-order valence-corrected chi connectivity index (χ2v) is 5.06. The number of ether oxygens (including phenoxy) is 1. The Kier molecular flexibility index (Phi) is 4.58. The Morgan fingerprint density at radius 2 is 1.63 bits per heavy atom. The molecule has 1 atom stereocenters. The van der Waals surface area contributed by atoms with Gasteiger partial charge in [0.25, 0.3) is 0 Å². The first-order valence-corrected chi connectivity index (χ1v) is 6.70. The van der Waals surface area contributed by atoms with Crippen molar-refractivity contribution in [3.8, 4) is 5.75 Å². The van der Waals surface area contributed by atoms with Crippen molar-refractivity contribution in [1.82, 2.24) is 0 Å². The Labute approximate surface area is 115 Å². The first kappa shape index (κ1) is 13.6. The zero-order valence-corrected chi connectivity index (χ0v) is 11.5. The van der Waals surface area contributed by atoms with Gasteiger partial charge in [-0.3, -0.25) is 0 Å². The minimum atomic E-state index is -0.0936. The van der Waals surface area contributed by atoms with Gasteiger partial charge in [0.1, 0.15) is 12.4 Å². The van der Waals surface area contributed by atoms with Gasteiger partial charge in [0.2, 0.25) is 0 Å². The molecule has 19 heavy (non-hydrogen) atoms. The van der Waals surface area contributed by atoms with Crippen LogP contribution in [0, 0.1) is 0 Å². The minimum Gasteiger partial charge on any atom is -0.492 e. The fourth-order valence-corrected chi connectivity index (χ4v) is 1.95.